The molecule has 4 aromatic rings. The van der Waals surface area contributed by atoms with Gasteiger partial charge in [0.2, 0.25) is 0 Å². The van der Waals surface area contributed by atoms with Crippen molar-refractivity contribution in [2.75, 3.05) is 31.0 Å². The molecule has 0 saturated heterocycles. The van der Waals surface area contributed by atoms with Crippen molar-refractivity contribution in [3.8, 4) is 5.75 Å². The minimum Gasteiger partial charge on any atom is -0.497 e. The number of pyridine rings is 1. The number of methoxy groups -OCH3 is 2. The van der Waals surface area contributed by atoms with Gasteiger partial charge in [-0.3, -0.25) is 4.79 Å². The third-order valence-corrected chi connectivity index (χ3v) is 8.38. The smallest absolute Gasteiger partial charge is 0.341 e. The predicted octanol–water partition coefficient (Wildman–Crippen LogP) is 5.92. The van der Waals surface area contributed by atoms with E-state index in [1.54, 1.807) is 7.11 Å². The van der Waals surface area contributed by atoms with Crippen molar-refractivity contribution < 1.29 is 19.1 Å². The number of esters is 1. The Morgan fingerprint density at radius 2 is 1.81 bits per heavy atom. The topological polar surface area (TPSA) is 80.8 Å². The number of ether oxygens (including phenoxy) is 2. The highest BCUT2D eigenvalue weighted by Crippen LogP contribution is 2.39. The average Bonchev–Trinajstić information content (AvgIpc) is 3.51. The van der Waals surface area contributed by atoms with E-state index in [0.29, 0.717) is 16.1 Å². The van der Waals surface area contributed by atoms with E-state index in [0.717, 1.165) is 72.4 Å². The molecule has 1 amide bonds. The quantitative estimate of drug-likeness (QED) is 0.334. The number of nitrogens with one attached hydrogen (secondary N) is 1. The summed E-state index contributed by atoms with van der Waals surface area (Å²) >= 11 is 1.49. The molecular weight excluding hydrogens is 486 g/mol. The van der Waals surface area contributed by atoms with Crippen molar-refractivity contribution in [3.63, 3.8) is 0 Å². The third kappa shape index (κ3) is 4.21. The number of hydrogen-bond donors (Lipinski definition) is 1. The molecule has 0 saturated carbocycles. The lowest BCUT2D eigenvalue weighted by atomic mass is 9.95. The molecule has 0 spiro atoms. The first-order valence-corrected chi connectivity index (χ1v) is 13.3. The van der Waals surface area contributed by atoms with Crippen molar-refractivity contribution >= 4 is 50.6 Å². The summed E-state index contributed by atoms with van der Waals surface area (Å²) < 4.78 is 10.4. The highest BCUT2D eigenvalue weighted by Gasteiger charge is 2.27. The third-order valence-electron chi connectivity index (χ3n) is 7.17. The molecule has 2 aromatic carbocycles. The van der Waals surface area contributed by atoms with Crippen LogP contribution in [0.1, 0.15) is 49.6 Å². The Balaban J connectivity index is 1.25. The summed E-state index contributed by atoms with van der Waals surface area (Å²) in [5.41, 5.74) is 5.14. The molecule has 0 fully saturated rings. The van der Waals surface area contributed by atoms with Gasteiger partial charge in [0.25, 0.3) is 5.91 Å². The number of benzene rings is 2. The Labute approximate surface area is 219 Å². The van der Waals surface area contributed by atoms with E-state index < -0.39 is 5.97 Å². The predicted molar refractivity (Wildman–Crippen MR) is 146 cm³/mol. The number of amides is 1. The zero-order valence-electron chi connectivity index (χ0n) is 20.8. The van der Waals surface area contributed by atoms with Gasteiger partial charge in [-0.05, 0) is 85.7 Å². The Morgan fingerprint density at radius 1 is 1.00 bits per heavy atom. The molecule has 0 unspecified atom stereocenters. The lowest BCUT2D eigenvalue weighted by Gasteiger charge is -2.19. The molecule has 2 aromatic heterocycles. The number of hydrogen-bond acceptors (Lipinski definition) is 7. The maximum atomic E-state index is 13.1. The van der Waals surface area contributed by atoms with Crippen molar-refractivity contribution in [2.24, 2.45) is 0 Å². The number of fused-ring (bicyclic) bond motifs is 3. The van der Waals surface area contributed by atoms with Gasteiger partial charge in [-0.25, -0.2) is 9.78 Å². The highest BCUT2D eigenvalue weighted by atomic mass is 32.1. The van der Waals surface area contributed by atoms with Crippen molar-refractivity contribution in [1.82, 2.24) is 4.98 Å². The normalized spacial score (nSPS) is 14.3. The van der Waals surface area contributed by atoms with E-state index in [1.807, 2.05) is 42.5 Å². The minimum atomic E-state index is -0.393. The number of nitrogens with zero attached hydrogens (tertiary/aromatic N) is 2. The van der Waals surface area contributed by atoms with E-state index in [2.05, 4.69) is 16.3 Å². The summed E-state index contributed by atoms with van der Waals surface area (Å²) in [6.45, 7) is 0.824. The van der Waals surface area contributed by atoms with Crippen molar-refractivity contribution in [1.29, 1.82) is 0 Å². The van der Waals surface area contributed by atoms with E-state index in [9.17, 15) is 9.59 Å². The summed E-state index contributed by atoms with van der Waals surface area (Å²) in [7, 11) is 3.03. The lowest BCUT2D eigenvalue weighted by Crippen LogP contribution is -2.16. The molecule has 0 atom stereocenters. The fraction of sp³-hybridized carbons (Fsp3) is 0.276. The van der Waals surface area contributed by atoms with Crippen LogP contribution < -0.4 is 15.0 Å². The van der Waals surface area contributed by atoms with E-state index in [-0.39, 0.29) is 5.91 Å². The molecule has 188 valence electrons. The van der Waals surface area contributed by atoms with Gasteiger partial charge in [0.05, 0.1) is 25.3 Å². The van der Waals surface area contributed by atoms with Gasteiger partial charge < -0.3 is 19.7 Å². The van der Waals surface area contributed by atoms with Gasteiger partial charge in [0.1, 0.15) is 16.6 Å². The highest BCUT2D eigenvalue weighted by molar-refractivity contribution is 7.17. The van der Waals surface area contributed by atoms with Crippen LogP contribution in [0.5, 0.6) is 5.75 Å². The van der Waals surface area contributed by atoms with E-state index in [1.165, 1.54) is 28.9 Å². The maximum absolute atomic E-state index is 13.1. The fourth-order valence-electron chi connectivity index (χ4n) is 5.25. The summed E-state index contributed by atoms with van der Waals surface area (Å²) in [4.78, 5) is 33.9. The Morgan fingerprint density at radius 3 is 2.59 bits per heavy atom. The summed E-state index contributed by atoms with van der Waals surface area (Å²) in [6.07, 6.45) is 4.82. The zero-order valence-corrected chi connectivity index (χ0v) is 21.6. The Bertz CT molecular complexity index is 1530. The molecule has 37 heavy (non-hydrogen) atoms. The van der Waals surface area contributed by atoms with Crippen LogP contribution in [0, 0.1) is 0 Å². The van der Waals surface area contributed by atoms with Crippen LogP contribution >= 0.6 is 11.3 Å². The molecule has 3 heterocycles. The van der Waals surface area contributed by atoms with Gasteiger partial charge in [-0.15, -0.1) is 11.3 Å². The maximum Gasteiger partial charge on any atom is 0.341 e. The van der Waals surface area contributed by atoms with Gasteiger partial charge >= 0.3 is 5.97 Å². The Hall–Kier alpha value is -3.91. The molecule has 2 aliphatic rings. The van der Waals surface area contributed by atoms with E-state index in [4.69, 9.17) is 14.5 Å². The van der Waals surface area contributed by atoms with Gasteiger partial charge in [0, 0.05) is 34.1 Å². The van der Waals surface area contributed by atoms with Crippen molar-refractivity contribution in [3.05, 3.63) is 75.7 Å². The van der Waals surface area contributed by atoms with Crippen LogP contribution in [0.15, 0.2) is 48.5 Å². The molecular formula is C29H27N3O4S. The second kappa shape index (κ2) is 9.52. The lowest BCUT2D eigenvalue weighted by molar-refractivity contribution is 0.0601. The second-order valence-corrected chi connectivity index (χ2v) is 10.4. The number of carbonyl (C=O) groups excluding carboxylic acids is 2. The SMILES string of the molecule is COC(=O)c1c(NC(=O)c2ccc(N3CCc4cc5ccc(OC)cc5nc43)cc2)sc2c1CCCC2. The summed E-state index contributed by atoms with van der Waals surface area (Å²) in [5.74, 6) is 1.08. The molecule has 1 aliphatic carbocycles. The first-order valence-electron chi connectivity index (χ1n) is 12.4. The second-order valence-electron chi connectivity index (χ2n) is 9.34. The number of anilines is 3. The summed E-state index contributed by atoms with van der Waals surface area (Å²) in [5, 5.41) is 4.65. The first kappa shape index (κ1) is 23.5. The first-order chi connectivity index (χ1) is 18.1. The molecule has 1 N–H and O–H groups in total. The minimum absolute atomic E-state index is 0.242. The van der Waals surface area contributed by atoms with Crippen LogP contribution in [0.4, 0.5) is 16.5 Å². The molecule has 0 bridgehead atoms. The molecule has 7 nitrogen and oxygen atoms in total. The Kier molecular flexibility index (Phi) is 6.04. The zero-order chi connectivity index (χ0) is 25.5. The van der Waals surface area contributed by atoms with Gasteiger partial charge in [0.15, 0.2) is 0 Å². The molecule has 1 aliphatic heterocycles. The van der Waals surface area contributed by atoms with Gasteiger partial charge in [-0.2, -0.15) is 0 Å². The molecule has 6 rings (SSSR count). The largest absolute Gasteiger partial charge is 0.497 e. The monoisotopic (exact) mass is 513 g/mol. The molecule has 0 radical (unpaired) electrons. The van der Waals surface area contributed by atoms with E-state index >= 15 is 0 Å². The average molecular weight is 514 g/mol. The van der Waals surface area contributed by atoms with Gasteiger partial charge in [-0.1, -0.05) is 0 Å². The number of rotatable bonds is 5. The fourth-order valence-corrected chi connectivity index (χ4v) is 6.53. The van der Waals surface area contributed by atoms with Crippen molar-refractivity contribution in [2.45, 2.75) is 32.1 Å². The number of carbonyl (C=O) groups is 2. The van der Waals surface area contributed by atoms with Crippen LogP contribution in [-0.2, 0) is 24.0 Å². The number of thiophene rings is 1. The standard InChI is InChI=1S/C29H27N3O4S/c1-35-21-12-9-18-15-19-13-14-32(26(19)30-23(18)16-21)20-10-7-17(8-11-20)27(33)31-28-25(29(34)36-2)22-5-3-4-6-24(22)37-28/h7-12,15-16H,3-6,13-14H2,1-2H3,(H,31,33). The molecule has 8 heteroatoms. The summed E-state index contributed by atoms with van der Waals surface area (Å²) in [6, 6.07) is 15.7. The number of aryl methyl sites for hydroxylation is 1. The van der Waals surface area contributed by atoms with Crippen LogP contribution in [-0.4, -0.2) is 37.6 Å². The van der Waals surface area contributed by atoms with Crippen LogP contribution in [0.25, 0.3) is 10.9 Å². The van der Waals surface area contributed by atoms with Crippen LogP contribution in [0.3, 0.4) is 0 Å². The van der Waals surface area contributed by atoms with Crippen LogP contribution in [0.2, 0.25) is 0 Å². The number of aromatic nitrogens is 1.